The van der Waals surface area contributed by atoms with E-state index < -0.39 is 23.4 Å². The van der Waals surface area contributed by atoms with Crippen molar-refractivity contribution in [2.45, 2.75) is 60.2 Å². The molecule has 0 saturated carbocycles. The number of rotatable bonds is 3. The van der Waals surface area contributed by atoms with E-state index in [1.807, 2.05) is 0 Å². The van der Waals surface area contributed by atoms with Gasteiger partial charge in [-0.1, -0.05) is 12.5 Å². The summed E-state index contributed by atoms with van der Waals surface area (Å²) < 4.78 is 10.1. The molecule has 0 aromatic rings. The van der Waals surface area contributed by atoms with Crippen molar-refractivity contribution < 1.29 is 23.9 Å². The maximum Gasteiger partial charge on any atom is 0.444 e. The zero-order valence-corrected chi connectivity index (χ0v) is 12.5. The van der Waals surface area contributed by atoms with Crippen molar-refractivity contribution in [3.8, 4) is 0 Å². The van der Waals surface area contributed by atoms with Crippen LogP contribution in [0.2, 0.25) is 0 Å². The van der Waals surface area contributed by atoms with E-state index in [0.717, 1.165) is 0 Å². The van der Waals surface area contributed by atoms with E-state index in [-0.39, 0.29) is 20.6 Å². The van der Waals surface area contributed by atoms with Crippen LogP contribution < -0.4 is 5.73 Å². The number of nitrogens with zero attached hydrogens (tertiary/aromatic N) is 1. The van der Waals surface area contributed by atoms with Crippen LogP contribution in [-0.2, 0) is 14.3 Å². The third kappa shape index (κ3) is 9.57. The maximum atomic E-state index is 11.8. The summed E-state index contributed by atoms with van der Waals surface area (Å²) in [5.41, 5.74) is 3.78. The lowest BCUT2D eigenvalue weighted by molar-refractivity contribution is -0.136. The van der Waals surface area contributed by atoms with Crippen LogP contribution in [0.15, 0.2) is 0 Å². The monoisotopic (exact) mass is 292 g/mol. The first-order valence-corrected chi connectivity index (χ1v) is 6.05. The molecule has 0 aliphatic heterocycles. The number of carbonyl (C=O) groups excluding carboxylic acids is 2. The van der Waals surface area contributed by atoms with Crippen LogP contribution in [0.5, 0.6) is 0 Å². The average Bonchev–Trinajstić information content (AvgIpc) is 2.12. The van der Waals surface area contributed by atoms with Crippen LogP contribution in [0.25, 0.3) is 0 Å². The molecule has 0 aromatic carbocycles. The van der Waals surface area contributed by atoms with Crippen molar-refractivity contribution in [2.75, 3.05) is 13.2 Å². The molecule has 0 bridgehead atoms. The standard InChI is InChI=1S/C12H24N2O5.CH4/c1-11(2,3)18-9(15)14(17-8-7-13)10(16)19-12(4,5)6;/h7-8,13H2,1-6H3;1H4. The Hall–Kier alpha value is -1.34. The Labute approximate surface area is 121 Å². The SMILES string of the molecule is C.CC(C)(C)OC(=O)N(OCCN)C(=O)OC(C)(C)C. The van der Waals surface area contributed by atoms with E-state index >= 15 is 0 Å². The summed E-state index contributed by atoms with van der Waals surface area (Å²) in [6.07, 6.45) is -1.87. The summed E-state index contributed by atoms with van der Waals surface area (Å²) in [5, 5.41) is 0.448. The van der Waals surface area contributed by atoms with Crippen molar-refractivity contribution in [2.24, 2.45) is 5.73 Å². The lowest BCUT2D eigenvalue weighted by Gasteiger charge is -2.27. The first kappa shape index (κ1) is 21.0. The second-order valence-electron chi connectivity index (χ2n) is 5.88. The molecule has 0 heterocycles. The van der Waals surface area contributed by atoms with Crippen LogP contribution in [0.4, 0.5) is 9.59 Å². The topological polar surface area (TPSA) is 91.1 Å². The summed E-state index contributed by atoms with van der Waals surface area (Å²) in [6, 6.07) is 0. The van der Waals surface area contributed by atoms with Crippen LogP contribution in [-0.4, -0.2) is 41.6 Å². The minimum absolute atomic E-state index is 0. The molecule has 7 heteroatoms. The number of imide groups is 1. The molecule has 0 aromatic heterocycles. The zero-order valence-electron chi connectivity index (χ0n) is 12.5. The third-order valence-electron chi connectivity index (χ3n) is 1.46. The highest BCUT2D eigenvalue weighted by Gasteiger charge is 2.32. The first-order valence-electron chi connectivity index (χ1n) is 6.05. The van der Waals surface area contributed by atoms with Gasteiger partial charge < -0.3 is 15.2 Å². The smallest absolute Gasteiger partial charge is 0.442 e. The van der Waals surface area contributed by atoms with Gasteiger partial charge >= 0.3 is 12.2 Å². The van der Waals surface area contributed by atoms with Crippen molar-refractivity contribution in [1.29, 1.82) is 0 Å². The zero-order chi connectivity index (χ0) is 15.3. The van der Waals surface area contributed by atoms with Gasteiger partial charge in [-0.3, -0.25) is 4.84 Å². The molecule has 7 nitrogen and oxygen atoms in total. The molecule has 0 saturated heterocycles. The molecule has 0 atom stereocenters. The van der Waals surface area contributed by atoms with Gasteiger partial charge in [0, 0.05) is 6.54 Å². The molecule has 0 aliphatic rings. The third-order valence-corrected chi connectivity index (χ3v) is 1.46. The van der Waals surface area contributed by atoms with Gasteiger partial charge in [0.25, 0.3) is 0 Å². The predicted molar refractivity (Wildman–Crippen MR) is 76.0 cm³/mol. The van der Waals surface area contributed by atoms with Gasteiger partial charge in [0.15, 0.2) is 0 Å². The van der Waals surface area contributed by atoms with Crippen molar-refractivity contribution in [3.05, 3.63) is 0 Å². The number of hydrogen-bond donors (Lipinski definition) is 1. The van der Waals surface area contributed by atoms with Crippen LogP contribution in [0.3, 0.4) is 0 Å². The van der Waals surface area contributed by atoms with Gasteiger partial charge in [-0.25, -0.2) is 9.59 Å². The Morgan fingerprint density at radius 3 is 1.55 bits per heavy atom. The second kappa shape index (κ2) is 8.06. The van der Waals surface area contributed by atoms with Gasteiger partial charge in [-0.15, -0.1) is 0 Å². The first-order chi connectivity index (χ1) is 8.46. The largest absolute Gasteiger partial charge is 0.444 e. The number of amides is 2. The maximum absolute atomic E-state index is 11.8. The number of nitrogens with two attached hydrogens (primary N) is 1. The Bertz CT molecular complexity index is 290. The van der Waals surface area contributed by atoms with E-state index in [9.17, 15) is 9.59 Å². The number of carbonyl (C=O) groups is 2. The molecule has 0 rings (SSSR count). The molecule has 0 spiro atoms. The Morgan fingerprint density at radius 1 is 0.950 bits per heavy atom. The van der Waals surface area contributed by atoms with Gasteiger partial charge in [0.1, 0.15) is 11.2 Å². The molecule has 0 aliphatic carbocycles. The van der Waals surface area contributed by atoms with Crippen molar-refractivity contribution in [3.63, 3.8) is 0 Å². The fourth-order valence-electron chi connectivity index (χ4n) is 0.931. The minimum atomic E-state index is -0.935. The van der Waals surface area contributed by atoms with E-state index in [1.54, 1.807) is 41.5 Å². The van der Waals surface area contributed by atoms with Crippen LogP contribution in [0, 0.1) is 0 Å². The number of ether oxygens (including phenoxy) is 2. The van der Waals surface area contributed by atoms with Crippen LogP contribution >= 0.6 is 0 Å². The van der Waals surface area contributed by atoms with E-state index in [2.05, 4.69) is 0 Å². The molecule has 120 valence electrons. The van der Waals surface area contributed by atoms with E-state index in [0.29, 0.717) is 5.06 Å². The van der Waals surface area contributed by atoms with Crippen LogP contribution in [0.1, 0.15) is 49.0 Å². The van der Waals surface area contributed by atoms with Gasteiger partial charge in [0.2, 0.25) is 0 Å². The van der Waals surface area contributed by atoms with Gasteiger partial charge in [-0.2, -0.15) is 0 Å². The molecule has 2 N–H and O–H groups in total. The number of hydroxylamine groups is 2. The highest BCUT2D eigenvalue weighted by Crippen LogP contribution is 2.14. The van der Waals surface area contributed by atoms with E-state index in [1.165, 1.54) is 0 Å². The Morgan fingerprint density at radius 2 is 1.30 bits per heavy atom. The summed E-state index contributed by atoms with van der Waals surface area (Å²) in [6.45, 7) is 10.2. The van der Waals surface area contributed by atoms with Crippen molar-refractivity contribution >= 4 is 12.2 Å². The minimum Gasteiger partial charge on any atom is -0.442 e. The second-order valence-corrected chi connectivity index (χ2v) is 5.88. The Balaban J connectivity index is 0. The highest BCUT2D eigenvalue weighted by molar-refractivity contribution is 5.86. The van der Waals surface area contributed by atoms with Crippen molar-refractivity contribution in [1.82, 2.24) is 5.06 Å². The molecule has 20 heavy (non-hydrogen) atoms. The lowest BCUT2D eigenvalue weighted by Crippen LogP contribution is -2.44. The summed E-state index contributed by atoms with van der Waals surface area (Å²) in [4.78, 5) is 28.6. The Kier molecular flexibility index (Phi) is 8.45. The fraction of sp³-hybridized carbons (Fsp3) is 0.846. The van der Waals surface area contributed by atoms with E-state index in [4.69, 9.17) is 20.0 Å². The fourth-order valence-corrected chi connectivity index (χ4v) is 0.931. The predicted octanol–water partition coefficient (Wildman–Crippen LogP) is 2.69. The quantitative estimate of drug-likeness (QED) is 0.804. The van der Waals surface area contributed by atoms with Gasteiger partial charge in [-0.05, 0) is 41.5 Å². The van der Waals surface area contributed by atoms with Gasteiger partial charge in [0.05, 0.1) is 6.61 Å². The highest BCUT2D eigenvalue weighted by atomic mass is 16.8. The molecular weight excluding hydrogens is 264 g/mol. The summed E-state index contributed by atoms with van der Waals surface area (Å²) >= 11 is 0. The number of hydrogen-bond acceptors (Lipinski definition) is 6. The molecule has 0 radical (unpaired) electrons. The summed E-state index contributed by atoms with van der Waals surface area (Å²) in [5.74, 6) is 0. The molecule has 2 amide bonds. The normalized spacial score (nSPS) is 11.3. The average molecular weight is 292 g/mol. The lowest BCUT2D eigenvalue weighted by atomic mass is 10.2. The molecular formula is C13H28N2O5. The molecule has 0 fully saturated rings. The summed E-state index contributed by atoms with van der Waals surface area (Å²) in [7, 11) is 0. The molecule has 0 unspecified atom stereocenters.